The maximum Gasteiger partial charge on any atom is 0.414 e. The van der Waals surface area contributed by atoms with Crippen LogP contribution in [0.2, 0.25) is 0 Å². The predicted molar refractivity (Wildman–Crippen MR) is 126 cm³/mol. The Morgan fingerprint density at radius 2 is 1.59 bits per heavy atom. The highest BCUT2D eigenvalue weighted by molar-refractivity contribution is 5.78. The highest BCUT2D eigenvalue weighted by Crippen LogP contribution is 2.35. The van der Waals surface area contributed by atoms with Crippen LogP contribution in [-0.2, 0) is 13.1 Å². The number of aryl methyl sites for hydroxylation is 1. The first-order valence-electron chi connectivity index (χ1n) is 10.5. The Morgan fingerprint density at radius 1 is 0.906 bits per heavy atom. The van der Waals surface area contributed by atoms with Gasteiger partial charge in [-0.15, -0.1) is 0 Å². The van der Waals surface area contributed by atoms with Crippen molar-refractivity contribution in [3.8, 4) is 22.8 Å². The molecule has 1 aromatic heterocycles. The van der Waals surface area contributed by atoms with Crippen molar-refractivity contribution in [3.63, 3.8) is 0 Å². The number of hydrogen-bond donors (Lipinski definition) is 1. The number of ether oxygens (including phenoxy) is 2. The van der Waals surface area contributed by atoms with Gasteiger partial charge in [0.2, 0.25) is 5.88 Å². The van der Waals surface area contributed by atoms with Gasteiger partial charge in [-0.1, -0.05) is 72.8 Å². The first kappa shape index (κ1) is 21.2. The molecule has 1 heterocycles. The van der Waals surface area contributed by atoms with Gasteiger partial charge >= 0.3 is 6.09 Å². The predicted octanol–water partition coefficient (Wildman–Crippen LogP) is 5.81. The van der Waals surface area contributed by atoms with Crippen LogP contribution in [0.4, 0.5) is 4.79 Å². The van der Waals surface area contributed by atoms with Crippen LogP contribution in [0.5, 0.6) is 11.6 Å². The van der Waals surface area contributed by atoms with E-state index in [1.165, 1.54) is 0 Å². The van der Waals surface area contributed by atoms with Gasteiger partial charge in [0.1, 0.15) is 5.75 Å². The quantitative estimate of drug-likeness (QED) is 0.406. The summed E-state index contributed by atoms with van der Waals surface area (Å²) in [5, 5.41) is 2.85. The standard InChI is InChI=1S/C27H26N2O3/c1-20-18-29(19-21-10-5-3-6-11-21)26(25(20)23-13-7-4-8-14-23)32-27(30)28-17-22-12-9-15-24(16-22)31-2/h3-16,18H,17,19H2,1-2H3,(H,28,30). The summed E-state index contributed by atoms with van der Waals surface area (Å²) < 4.78 is 13.1. The highest BCUT2D eigenvalue weighted by Gasteiger charge is 2.19. The van der Waals surface area contributed by atoms with E-state index >= 15 is 0 Å². The average molecular weight is 427 g/mol. The SMILES string of the molecule is COc1cccc(CNC(=O)Oc2c(-c3ccccc3)c(C)cn2Cc2ccccc2)c1. The van der Waals surface area contributed by atoms with Gasteiger partial charge in [-0.25, -0.2) is 4.79 Å². The molecule has 5 nitrogen and oxygen atoms in total. The summed E-state index contributed by atoms with van der Waals surface area (Å²) >= 11 is 0. The van der Waals surface area contributed by atoms with E-state index in [1.807, 2.05) is 90.5 Å². The largest absolute Gasteiger partial charge is 0.497 e. The smallest absolute Gasteiger partial charge is 0.414 e. The minimum atomic E-state index is -0.502. The van der Waals surface area contributed by atoms with Crippen LogP contribution in [-0.4, -0.2) is 17.8 Å². The van der Waals surface area contributed by atoms with E-state index < -0.39 is 6.09 Å². The lowest BCUT2D eigenvalue weighted by Gasteiger charge is -2.13. The number of nitrogens with one attached hydrogen (secondary N) is 1. The number of carbonyl (C=O) groups is 1. The van der Waals surface area contributed by atoms with Crippen molar-refractivity contribution >= 4 is 6.09 Å². The van der Waals surface area contributed by atoms with Crippen LogP contribution in [0, 0.1) is 6.92 Å². The zero-order chi connectivity index (χ0) is 22.3. The summed E-state index contributed by atoms with van der Waals surface area (Å²) in [4.78, 5) is 12.8. The van der Waals surface area contributed by atoms with Crippen LogP contribution >= 0.6 is 0 Å². The number of aromatic nitrogens is 1. The highest BCUT2D eigenvalue weighted by atomic mass is 16.6. The first-order chi connectivity index (χ1) is 15.6. The van der Waals surface area contributed by atoms with Gasteiger partial charge in [0, 0.05) is 18.3 Å². The molecule has 0 spiro atoms. The molecule has 0 fully saturated rings. The van der Waals surface area contributed by atoms with Gasteiger partial charge in [0.15, 0.2) is 0 Å². The lowest BCUT2D eigenvalue weighted by atomic mass is 10.1. The Labute approximate surface area is 188 Å². The van der Waals surface area contributed by atoms with Gasteiger partial charge in [0.25, 0.3) is 0 Å². The molecular formula is C27H26N2O3. The van der Waals surface area contributed by atoms with Crippen molar-refractivity contribution in [1.29, 1.82) is 0 Å². The Hall–Kier alpha value is -3.99. The van der Waals surface area contributed by atoms with Gasteiger partial charge in [-0.2, -0.15) is 0 Å². The number of rotatable bonds is 7. The Kier molecular flexibility index (Phi) is 6.56. The minimum absolute atomic E-state index is 0.342. The second-order valence-electron chi connectivity index (χ2n) is 7.57. The molecule has 0 unspecified atom stereocenters. The molecule has 0 aliphatic heterocycles. The summed E-state index contributed by atoms with van der Waals surface area (Å²) in [5.41, 5.74) is 5.03. The topological polar surface area (TPSA) is 52.5 Å². The van der Waals surface area contributed by atoms with E-state index in [9.17, 15) is 4.79 Å². The van der Waals surface area contributed by atoms with Crippen LogP contribution in [0.15, 0.2) is 91.1 Å². The third kappa shape index (κ3) is 5.01. The van der Waals surface area contributed by atoms with Crippen LogP contribution in [0.25, 0.3) is 11.1 Å². The molecular weight excluding hydrogens is 400 g/mol. The zero-order valence-corrected chi connectivity index (χ0v) is 18.2. The lowest BCUT2D eigenvalue weighted by Crippen LogP contribution is -2.27. The molecule has 0 aliphatic rings. The van der Waals surface area contributed by atoms with Crippen molar-refractivity contribution in [2.45, 2.75) is 20.0 Å². The normalized spacial score (nSPS) is 10.6. The van der Waals surface area contributed by atoms with E-state index in [1.54, 1.807) is 7.11 Å². The van der Waals surface area contributed by atoms with Crippen molar-refractivity contribution < 1.29 is 14.3 Å². The molecule has 0 bridgehead atoms. The summed E-state index contributed by atoms with van der Waals surface area (Å²) in [7, 11) is 1.62. The number of hydrogen-bond acceptors (Lipinski definition) is 3. The van der Waals surface area contributed by atoms with Gasteiger partial charge in [-0.3, -0.25) is 0 Å². The summed E-state index contributed by atoms with van der Waals surface area (Å²) in [6.45, 7) is 2.98. The van der Waals surface area contributed by atoms with Crippen molar-refractivity contribution in [2.75, 3.05) is 7.11 Å². The maximum absolute atomic E-state index is 12.8. The fraction of sp³-hybridized carbons (Fsp3) is 0.148. The second-order valence-corrected chi connectivity index (χ2v) is 7.57. The van der Waals surface area contributed by atoms with Gasteiger partial charge < -0.3 is 19.4 Å². The molecule has 4 aromatic rings. The number of benzene rings is 3. The summed E-state index contributed by atoms with van der Waals surface area (Å²) in [5.74, 6) is 1.28. The molecule has 5 heteroatoms. The maximum atomic E-state index is 12.8. The molecule has 0 saturated heterocycles. The monoisotopic (exact) mass is 426 g/mol. The fourth-order valence-corrected chi connectivity index (χ4v) is 3.71. The number of nitrogens with zero attached hydrogens (tertiary/aromatic N) is 1. The van der Waals surface area contributed by atoms with Crippen LogP contribution < -0.4 is 14.8 Å². The Bertz CT molecular complexity index is 1180. The van der Waals surface area contributed by atoms with E-state index in [4.69, 9.17) is 9.47 Å². The second kappa shape index (κ2) is 9.88. The van der Waals surface area contributed by atoms with Gasteiger partial charge in [0.05, 0.1) is 13.7 Å². The molecule has 0 saturated carbocycles. The Balaban J connectivity index is 1.59. The third-order valence-electron chi connectivity index (χ3n) is 5.24. The molecule has 0 aliphatic carbocycles. The fourth-order valence-electron chi connectivity index (χ4n) is 3.71. The van der Waals surface area contributed by atoms with Crippen LogP contribution in [0.1, 0.15) is 16.7 Å². The third-order valence-corrected chi connectivity index (χ3v) is 5.24. The molecule has 162 valence electrons. The van der Waals surface area contributed by atoms with Crippen LogP contribution in [0.3, 0.4) is 0 Å². The van der Waals surface area contributed by atoms with Crippen molar-refractivity contribution in [1.82, 2.24) is 9.88 Å². The molecule has 0 radical (unpaired) electrons. The zero-order valence-electron chi connectivity index (χ0n) is 18.2. The number of amides is 1. The Morgan fingerprint density at radius 3 is 2.31 bits per heavy atom. The molecule has 1 amide bonds. The molecule has 32 heavy (non-hydrogen) atoms. The minimum Gasteiger partial charge on any atom is -0.497 e. The average Bonchev–Trinajstić information content (AvgIpc) is 3.13. The number of carbonyl (C=O) groups excluding carboxylic acids is 1. The van der Waals surface area contributed by atoms with Crippen molar-refractivity contribution in [2.24, 2.45) is 0 Å². The summed E-state index contributed by atoms with van der Waals surface area (Å²) in [6, 6.07) is 27.7. The van der Waals surface area contributed by atoms with Gasteiger partial charge in [-0.05, 0) is 41.3 Å². The lowest BCUT2D eigenvalue weighted by molar-refractivity contribution is 0.196. The first-order valence-corrected chi connectivity index (χ1v) is 10.5. The number of methoxy groups -OCH3 is 1. The van der Waals surface area contributed by atoms with Crippen molar-refractivity contribution in [3.05, 3.63) is 108 Å². The molecule has 3 aromatic carbocycles. The molecule has 0 atom stereocenters. The summed E-state index contributed by atoms with van der Waals surface area (Å²) in [6.07, 6.45) is 1.53. The molecule has 1 N–H and O–H groups in total. The van der Waals surface area contributed by atoms with E-state index in [2.05, 4.69) is 17.4 Å². The molecule has 4 rings (SSSR count). The van der Waals surface area contributed by atoms with E-state index in [0.717, 1.165) is 33.6 Å². The van der Waals surface area contributed by atoms with E-state index in [-0.39, 0.29) is 0 Å². The van der Waals surface area contributed by atoms with E-state index in [0.29, 0.717) is 19.0 Å².